The predicted molar refractivity (Wildman–Crippen MR) is 119 cm³/mol. The van der Waals surface area contributed by atoms with E-state index in [9.17, 15) is 14.0 Å². The third-order valence-electron chi connectivity index (χ3n) is 4.33. The molecular weight excluding hydrogens is 475 g/mol. The molecular formula is C22H25BrClFN2O3. The van der Waals surface area contributed by atoms with Gasteiger partial charge in [-0.05, 0) is 56.2 Å². The summed E-state index contributed by atoms with van der Waals surface area (Å²) in [7, 11) is 0. The normalized spacial score (nSPS) is 11.8. The Kier molecular flexibility index (Phi) is 9.11. The van der Waals surface area contributed by atoms with E-state index in [4.69, 9.17) is 16.3 Å². The van der Waals surface area contributed by atoms with E-state index in [-0.39, 0.29) is 36.8 Å². The maximum absolute atomic E-state index is 13.3. The summed E-state index contributed by atoms with van der Waals surface area (Å²) in [5.74, 6) is -0.613. The summed E-state index contributed by atoms with van der Waals surface area (Å²) in [6.45, 7) is 5.42. The van der Waals surface area contributed by atoms with Gasteiger partial charge in [0.1, 0.15) is 17.6 Å². The van der Waals surface area contributed by atoms with Gasteiger partial charge in [-0.3, -0.25) is 9.59 Å². The number of nitrogens with one attached hydrogen (secondary N) is 1. The summed E-state index contributed by atoms with van der Waals surface area (Å²) in [4.78, 5) is 27.2. The number of benzene rings is 2. The minimum absolute atomic E-state index is 0.0628. The van der Waals surface area contributed by atoms with Crippen LogP contribution in [0.1, 0.15) is 32.8 Å². The van der Waals surface area contributed by atoms with Crippen LogP contribution < -0.4 is 10.1 Å². The summed E-state index contributed by atoms with van der Waals surface area (Å²) < 4.78 is 19.7. The Morgan fingerprint density at radius 1 is 1.20 bits per heavy atom. The van der Waals surface area contributed by atoms with Crippen molar-refractivity contribution < 1.29 is 18.7 Å². The number of ether oxygens (including phenoxy) is 1. The number of hydrogen-bond acceptors (Lipinski definition) is 3. The van der Waals surface area contributed by atoms with Crippen LogP contribution in [0.25, 0.3) is 0 Å². The fraction of sp³-hybridized carbons (Fsp3) is 0.364. The Hall–Kier alpha value is -2.12. The highest BCUT2D eigenvalue weighted by atomic mass is 79.9. The van der Waals surface area contributed by atoms with E-state index >= 15 is 0 Å². The molecule has 0 saturated carbocycles. The van der Waals surface area contributed by atoms with Crippen molar-refractivity contribution in [3.63, 3.8) is 0 Å². The Labute approximate surface area is 189 Å². The molecule has 1 atom stereocenters. The molecule has 0 unspecified atom stereocenters. The molecule has 0 saturated heterocycles. The van der Waals surface area contributed by atoms with Gasteiger partial charge in [0, 0.05) is 17.1 Å². The van der Waals surface area contributed by atoms with Crippen LogP contribution in [0.2, 0.25) is 5.02 Å². The minimum Gasteiger partial charge on any atom is -0.482 e. The van der Waals surface area contributed by atoms with Gasteiger partial charge in [-0.15, -0.1) is 0 Å². The Bertz CT molecular complexity index is 877. The molecule has 2 amide bonds. The molecule has 0 aromatic heterocycles. The van der Waals surface area contributed by atoms with Crippen molar-refractivity contribution in [2.45, 2.75) is 45.8 Å². The molecule has 2 aromatic rings. The van der Waals surface area contributed by atoms with E-state index < -0.39 is 6.04 Å². The van der Waals surface area contributed by atoms with Crippen molar-refractivity contribution in [2.24, 2.45) is 0 Å². The molecule has 0 radical (unpaired) electrons. The topological polar surface area (TPSA) is 58.6 Å². The minimum atomic E-state index is -0.686. The molecule has 5 nitrogen and oxygen atoms in total. The fourth-order valence-corrected chi connectivity index (χ4v) is 3.63. The van der Waals surface area contributed by atoms with Crippen LogP contribution in [-0.4, -0.2) is 35.4 Å². The fourth-order valence-electron chi connectivity index (χ4n) is 2.90. The van der Waals surface area contributed by atoms with Gasteiger partial charge in [0.05, 0.1) is 5.02 Å². The van der Waals surface area contributed by atoms with E-state index in [0.29, 0.717) is 22.8 Å². The lowest BCUT2D eigenvalue weighted by atomic mass is 10.1. The van der Waals surface area contributed by atoms with Gasteiger partial charge in [0.15, 0.2) is 6.61 Å². The summed E-state index contributed by atoms with van der Waals surface area (Å²) >= 11 is 9.47. The van der Waals surface area contributed by atoms with Crippen molar-refractivity contribution in [3.05, 3.63) is 63.3 Å². The second-order valence-electron chi connectivity index (χ2n) is 7.10. The van der Waals surface area contributed by atoms with Gasteiger partial charge in [-0.1, -0.05) is 46.6 Å². The number of carbonyl (C=O) groups is 2. The highest BCUT2D eigenvalue weighted by Crippen LogP contribution is 2.27. The molecule has 2 aromatic carbocycles. The molecule has 30 heavy (non-hydrogen) atoms. The van der Waals surface area contributed by atoms with Crippen molar-refractivity contribution in [1.82, 2.24) is 10.2 Å². The summed E-state index contributed by atoms with van der Waals surface area (Å²) in [5, 5.41) is 3.22. The highest BCUT2D eigenvalue weighted by molar-refractivity contribution is 9.10. The van der Waals surface area contributed by atoms with Crippen LogP contribution >= 0.6 is 27.5 Å². The second kappa shape index (κ2) is 11.3. The van der Waals surface area contributed by atoms with Crippen LogP contribution in [-0.2, 0) is 16.1 Å². The first-order valence-electron chi connectivity index (χ1n) is 9.63. The average molecular weight is 500 g/mol. The Morgan fingerprint density at radius 3 is 2.43 bits per heavy atom. The maximum Gasteiger partial charge on any atom is 0.261 e. The first-order valence-corrected chi connectivity index (χ1v) is 10.8. The largest absolute Gasteiger partial charge is 0.482 e. The zero-order chi connectivity index (χ0) is 22.3. The van der Waals surface area contributed by atoms with Gasteiger partial charge < -0.3 is 15.0 Å². The molecule has 0 spiro atoms. The monoisotopic (exact) mass is 498 g/mol. The maximum atomic E-state index is 13.3. The third kappa shape index (κ3) is 6.99. The van der Waals surface area contributed by atoms with Gasteiger partial charge >= 0.3 is 0 Å². The Morgan fingerprint density at radius 2 is 1.87 bits per heavy atom. The van der Waals surface area contributed by atoms with E-state index in [1.165, 1.54) is 17.0 Å². The first-order chi connectivity index (χ1) is 14.2. The number of nitrogens with zero attached hydrogens (tertiary/aromatic N) is 1. The summed E-state index contributed by atoms with van der Waals surface area (Å²) in [5.41, 5.74) is 0.710. The summed E-state index contributed by atoms with van der Waals surface area (Å²) in [6.07, 6.45) is 0.421. The predicted octanol–water partition coefficient (Wildman–Crippen LogP) is 4.95. The van der Waals surface area contributed by atoms with Crippen molar-refractivity contribution in [2.75, 3.05) is 6.61 Å². The van der Waals surface area contributed by atoms with Gasteiger partial charge in [-0.2, -0.15) is 0 Å². The molecule has 0 bridgehead atoms. The molecule has 1 N–H and O–H groups in total. The second-order valence-corrected chi connectivity index (χ2v) is 8.42. The number of hydrogen-bond donors (Lipinski definition) is 1. The number of carbonyl (C=O) groups excluding carboxylic acids is 2. The van der Waals surface area contributed by atoms with Crippen LogP contribution in [0.4, 0.5) is 4.39 Å². The number of rotatable bonds is 9. The van der Waals surface area contributed by atoms with Crippen LogP contribution in [0.3, 0.4) is 0 Å². The van der Waals surface area contributed by atoms with E-state index in [0.717, 1.165) is 4.47 Å². The summed E-state index contributed by atoms with van der Waals surface area (Å²) in [6, 6.07) is 10.2. The van der Waals surface area contributed by atoms with E-state index in [2.05, 4.69) is 21.2 Å². The molecule has 0 aliphatic heterocycles. The zero-order valence-corrected chi connectivity index (χ0v) is 19.5. The lowest BCUT2D eigenvalue weighted by molar-refractivity contribution is -0.143. The van der Waals surface area contributed by atoms with Crippen molar-refractivity contribution in [3.8, 4) is 5.75 Å². The third-order valence-corrected chi connectivity index (χ3v) is 5.12. The quantitative estimate of drug-likeness (QED) is 0.531. The van der Waals surface area contributed by atoms with E-state index in [1.807, 2.05) is 20.8 Å². The van der Waals surface area contributed by atoms with Gasteiger partial charge in [0.25, 0.3) is 5.91 Å². The molecule has 0 fully saturated rings. The lowest BCUT2D eigenvalue weighted by Gasteiger charge is -2.31. The Balaban J connectivity index is 2.22. The smallest absolute Gasteiger partial charge is 0.261 e. The van der Waals surface area contributed by atoms with Crippen LogP contribution in [0.15, 0.2) is 46.9 Å². The number of amides is 2. The highest BCUT2D eigenvalue weighted by Gasteiger charge is 2.29. The molecule has 8 heteroatoms. The van der Waals surface area contributed by atoms with Crippen LogP contribution in [0, 0.1) is 5.82 Å². The molecule has 2 rings (SSSR count). The standard InChI is InChI=1S/C22H25BrClFN2O3/c1-4-19(22(29)26-14(2)3)27(12-15-5-8-17(25)9-6-15)21(28)13-30-20-10-7-16(23)11-18(20)24/h5-11,14,19H,4,12-13H2,1-3H3,(H,26,29)/t19-/m0/s1. The number of halogens is 3. The SMILES string of the molecule is CC[C@@H](C(=O)NC(C)C)N(Cc1ccc(F)cc1)C(=O)COc1ccc(Br)cc1Cl. The van der Waals surface area contributed by atoms with Crippen molar-refractivity contribution in [1.29, 1.82) is 0 Å². The molecule has 162 valence electrons. The molecule has 0 aliphatic carbocycles. The first kappa shape index (κ1) is 24.2. The average Bonchev–Trinajstić information content (AvgIpc) is 2.68. The molecule has 0 heterocycles. The van der Waals surface area contributed by atoms with Crippen LogP contribution in [0.5, 0.6) is 5.75 Å². The van der Waals surface area contributed by atoms with Crippen molar-refractivity contribution >= 4 is 39.3 Å². The zero-order valence-electron chi connectivity index (χ0n) is 17.1. The van der Waals surface area contributed by atoms with Gasteiger partial charge in [0.2, 0.25) is 5.91 Å². The lowest BCUT2D eigenvalue weighted by Crippen LogP contribution is -2.51. The van der Waals surface area contributed by atoms with E-state index in [1.54, 1.807) is 30.3 Å². The molecule has 0 aliphatic rings. The van der Waals surface area contributed by atoms with Gasteiger partial charge in [-0.25, -0.2) is 4.39 Å².